The molecule has 136 valence electrons. The lowest BCUT2D eigenvalue weighted by atomic mass is 9.98. The van der Waals surface area contributed by atoms with Crippen molar-refractivity contribution in [1.82, 2.24) is 4.90 Å². The van der Waals surface area contributed by atoms with E-state index >= 15 is 0 Å². The molecule has 2 aliphatic heterocycles. The molecule has 1 fully saturated rings. The van der Waals surface area contributed by atoms with Crippen LogP contribution in [0.2, 0.25) is 0 Å². The number of aryl methyl sites for hydroxylation is 1. The van der Waals surface area contributed by atoms with Gasteiger partial charge in [-0.05, 0) is 42.7 Å². The molecule has 2 amide bonds. The van der Waals surface area contributed by atoms with Gasteiger partial charge in [0.2, 0.25) is 0 Å². The first-order valence-corrected chi connectivity index (χ1v) is 9.26. The average Bonchev–Trinajstić information content (AvgIpc) is 2.68. The van der Waals surface area contributed by atoms with Crippen molar-refractivity contribution in [2.24, 2.45) is 0 Å². The molecule has 2 aromatic rings. The van der Waals surface area contributed by atoms with E-state index in [2.05, 4.69) is 41.4 Å². The van der Waals surface area contributed by atoms with Crippen molar-refractivity contribution >= 4 is 17.4 Å². The molecule has 26 heavy (non-hydrogen) atoms. The van der Waals surface area contributed by atoms with Crippen LogP contribution in [0, 0.1) is 6.92 Å². The molecule has 0 aliphatic carbocycles. The normalized spacial score (nSPS) is 17.0. The minimum atomic E-state index is -0.0321. The van der Waals surface area contributed by atoms with Crippen molar-refractivity contribution in [2.75, 3.05) is 43.1 Å². The number of amides is 2. The van der Waals surface area contributed by atoms with Gasteiger partial charge in [0, 0.05) is 37.6 Å². The van der Waals surface area contributed by atoms with E-state index in [1.807, 2.05) is 23.1 Å². The Morgan fingerprint density at radius 1 is 1.04 bits per heavy atom. The second-order valence-electron chi connectivity index (χ2n) is 7.02. The lowest BCUT2D eigenvalue weighted by Gasteiger charge is -2.30. The van der Waals surface area contributed by atoms with E-state index in [1.54, 1.807) is 0 Å². The standard InChI is InChI=1S/C21H25N3O2/c1-16-5-6-18-15-24(8-7-17(18)13-16)21(25)22-19-3-2-4-20(14-19)23-9-11-26-12-10-23/h2-6,13-14H,7-12,15H2,1H3,(H,22,25). The molecule has 5 heteroatoms. The van der Waals surface area contributed by atoms with E-state index in [1.165, 1.54) is 16.7 Å². The number of nitrogens with zero attached hydrogens (tertiary/aromatic N) is 2. The highest BCUT2D eigenvalue weighted by atomic mass is 16.5. The first-order valence-electron chi connectivity index (χ1n) is 9.26. The molecule has 0 aromatic heterocycles. The number of morpholine rings is 1. The molecular formula is C21H25N3O2. The summed E-state index contributed by atoms with van der Waals surface area (Å²) in [7, 11) is 0. The van der Waals surface area contributed by atoms with Crippen molar-refractivity contribution in [3.63, 3.8) is 0 Å². The highest BCUT2D eigenvalue weighted by molar-refractivity contribution is 5.90. The first-order chi connectivity index (χ1) is 12.7. The third-order valence-electron chi connectivity index (χ3n) is 5.13. The SMILES string of the molecule is Cc1ccc2c(c1)CCN(C(=O)Nc1cccc(N3CCOCC3)c1)C2. The zero-order valence-corrected chi connectivity index (χ0v) is 15.2. The monoisotopic (exact) mass is 351 g/mol. The van der Waals surface area contributed by atoms with Gasteiger partial charge in [0.15, 0.2) is 0 Å². The van der Waals surface area contributed by atoms with Crippen LogP contribution in [-0.2, 0) is 17.7 Å². The number of benzene rings is 2. The highest BCUT2D eigenvalue weighted by Crippen LogP contribution is 2.23. The van der Waals surface area contributed by atoms with Gasteiger partial charge < -0.3 is 19.9 Å². The van der Waals surface area contributed by atoms with Crippen molar-refractivity contribution in [3.05, 3.63) is 59.2 Å². The Kier molecular flexibility index (Phi) is 4.80. The Hall–Kier alpha value is -2.53. The van der Waals surface area contributed by atoms with Gasteiger partial charge in [0.1, 0.15) is 0 Å². The molecule has 0 bridgehead atoms. The summed E-state index contributed by atoms with van der Waals surface area (Å²) in [5.74, 6) is 0. The molecule has 4 rings (SSSR count). The van der Waals surface area contributed by atoms with Gasteiger partial charge in [-0.15, -0.1) is 0 Å². The topological polar surface area (TPSA) is 44.8 Å². The molecule has 5 nitrogen and oxygen atoms in total. The number of anilines is 2. The molecule has 0 saturated carbocycles. The summed E-state index contributed by atoms with van der Waals surface area (Å²) in [6.07, 6.45) is 0.915. The third kappa shape index (κ3) is 3.68. The molecule has 1 N–H and O–H groups in total. The van der Waals surface area contributed by atoms with E-state index in [-0.39, 0.29) is 6.03 Å². The number of hydrogen-bond donors (Lipinski definition) is 1. The van der Waals surface area contributed by atoms with Crippen LogP contribution in [0.5, 0.6) is 0 Å². The van der Waals surface area contributed by atoms with Crippen molar-refractivity contribution < 1.29 is 9.53 Å². The van der Waals surface area contributed by atoms with E-state index in [4.69, 9.17) is 4.74 Å². The number of ether oxygens (including phenoxy) is 1. The summed E-state index contributed by atoms with van der Waals surface area (Å²) in [6.45, 7) is 6.82. The highest BCUT2D eigenvalue weighted by Gasteiger charge is 2.21. The van der Waals surface area contributed by atoms with Gasteiger partial charge in [0.05, 0.1) is 13.2 Å². The lowest BCUT2D eigenvalue weighted by Crippen LogP contribution is -2.39. The average molecular weight is 351 g/mol. The summed E-state index contributed by atoms with van der Waals surface area (Å²) in [5, 5.41) is 3.06. The van der Waals surface area contributed by atoms with Gasteiger partial charge in [0.25, 0.3) is 0 Å². The minimum Gasteiger partial charge on any atom is -0.378 e. The Balaban J connectivity index is 1.43. The first kappa shape index (κ1) is 16.9. The van der Waals surface area contributed by atoms with Gasteiger partial charge in [-0.3, -0.25) is 0 Å². The van der Waals surface area contributed by atoms with E-state index in [9.17, 15) is 4.79 Å². The number of carbonyl (C=O) groups is 1. The van der Waals surface area contributed by atoms with Crippen molar-refractivity contribution in [3.8, 4) is 0 Å². The van der Waals surface area contributed by atoms with Crippen LogP contribution in [0.15, 0.2) is 42.5 Å². The number of fused-ring (bicyclic) bond motifs is 1. The molecular weight excluding hydrogens is 326 g/mol. The van der Waals surface area contributed by atoms with Crippen LogP contribution < -0.4 is 10.2 Å². The van der Waals surface area contributed by atoms with Crippen LogP contribution in [0.4, 0.5) is 16.2 Å². The maximum Gasteiger partial charge on any atom is 0.322 e. The maximum atomic E-state index is 12.7. The zero-order chi connectivity index (χ0) is 17.9. The van der Waals surface area contributed by atoms with Crippen molar-refractivity contribution in [2.45, 2.75) is 19.9 Å². The summed E-state index contributed by atoms with van der Waals surface area (Å²) in [6, 6.07) is 14.5. The second kappa shape index (κ2) is 7.38. The Bertz CT molecular complexity index is 800. The predicted molar refractivity (Wildman–Crippen MR) is 104 cm³/mol. The summed E-state index contributed by atoms with van der Waals surface area (Å²) in [4.78, 5) is 16.9. The van der Waals surface area contributed by atoms with Crippen LogP contribution in [-0.4, -0.2) is 43.8 Å². The fraction of sp³-hybridized carbons (Fsp3) is 0.381. The van der Waals surface area contributed by atoms with E-state index in [0.29, 0.717) is 6.54 Å². The number of urea groups is 1. The third-order valence-corrected chi connectivity index (χ3v) is 5.13. The van der Waals surface area contributed by atoms with Crippen molar-refractivity contribution in [1.29, 1.82) is 0 Å². The predicted octanol–water partition coefficient (Wildman–Crippen LogP) is 3.42. The molecule has 2 heterocycles. The fourth-order valence-electron chi connectivity index (χ4n) is 3.66. The summed E-state index contributed by atoms with van der Waals surface area (Å²) >= 11 is 0. The molecule has 0 unspecified atom stereocenters. The quantitative estimate of drug-likeness (QED) is 0.902. The summed E-state index contributed by atoms with van der Waals surface area (Å²) in [5.41, 5.74) is 5.86. The van der Waals surface area contributed by atoms with Crippen LogP contribution >= 0.6 is 0 Å². The summed E-state index contributed by atoms with van der Waals surface area (Å²) < 4.78 is 5.41. The van der Waals surface area contributed by atoms with Gasteiger partial charge in [-0.2, -0.15) is 0 Å². The van der Waals surface area contributed by atoms with Crippen LogP contribution in [0.3, 0.4) is 0 Å². The maximum absolute atomic E-state index is 12.7. The van der Waals surface area contributed by atoms with Crippen LogP contribution in [0.1, 0.15) is 16.7 Å². The van der Waals surface area contributed by atoms with Gasteiger partial charge >= 0.3 is 6.03 Å². The Labute approximate surface area is 154 Å². The molecule has 2 aliphatic rings. The largest absolute Gasteiger partial charge is 0.378 e. The van der Waals surface area contributed by atoms with Crippen LogP contribution in [0.25, 0.3) is 0 Å². The number of nitrogens with one attached hydrogen (secondary N) is 1. The smallest absolute Gasteiger partial charge is 0.322 e. The van der Waals surface area contributed by atoms with E-state index < -0.39 is 0 Å². The molecule has 0 radical (unpaired) electrons. The Morgan fingerprint density at radius 2 is 1.88 bits per heavy atom. The van der Waals surface area contributed by atoms with Gasteiger partial charge in [-0.1, -0.05) is 29.8 Å². The molecule has 1 saturated heterocycles. The van der Waals surface area contributed by atoms with E-state index in [0.717, 1.165) is 50.6 Å². The number of carbonyl (C=O) groups excluding carboxylic acids is 1. The minimum absolute atomic E-state index is 0.0321. The molecule has 0 spiro atoms. The lowest BCUT2D eigenvalue weighted by molar-refractivity contribution is 0.122. The fourth-order valence-corrected chi connectivity index (χ4v) is 3.66. The number of hydrogen-bond acceptors (Lipinski definition) is 3. The molecule has 2 aromatic carbocycles. The molecule has 0 atom stereocenters. The zero-order valence-electron chi connectivity index (χ0n) is 15.2. The Morgan fingerprint density at radius 3 is 2.73 bits per heavy atom. The van der Waals surface area contributed by atoms with Gasteiger partial charge in [-0.25, -0.2) is 4.79 Å². The second-order valence-corrected chi connectivity index (χ2v) is 7.02. The number of rotatable bonds is 2.